The van der Waals surface area contributed by atoms with Crippen molar-refractivity contribution in [1.29, 1.82) is 0 Å². The van der Waals surface area contributed by atoms with Crippen LogP contribution >= 0.6 is 0 Å². The number of hydrogen-bond donors (Lipinski definition) is 2. The Bertz CT molecular complexity index is 213. The summed E-state index contributed by atoms with van der Waals surface area (Å²) in [6.07, 6.45) is 5.50. The molecule has 0 saturated carbocycles. The van der Waals surface area contributed by atoms with E-state index in [2.05, 4.69) is 23.8 Å². The normalized spacial score (nSPS) is 12.1. The minimum Gasteiger partial charge on any atom is -0.349 e. The van der Waals surface area contributed by atoms with Gasteiger partial charge in [-0.05, 0) is 12.3 Å². The lowest BCUT2D eigenvalue weighted by atomic mass is 10.0. The van der Waals surface area contributed by atoms with Crippen LogP contribution in [0.3, 0.4) is 0 Å². The van der Waals surface area contributed by atoms with Crippen molar-refractivity contribution in [2.24, 2.45) is 11.7 Å². The number of hydrogen-bond acceptors (Lipinski definition) is 2. The Labute approximate surface area is 90.1 Å². The number of H-pyrrole nitrogens is 1. The second-order valence-electron chi connectivity index (χ2n) is 3.63. The summed E-state index contributed by atoms with van der Waals surface area (Å²) in [4.78, 5) is 7.18. The van der Waals surface area contributed by atoms with Crippen molar-refractivity contribution in [3.05, 3.63) is 18.2 Å². The zero-order chi connectivity index (χ0) is 11.0. The molecule has 1 aromatic rings. The predicted octanol–water partition coefficient (Wildman–Crippen LogP) is 2.84. The third kappa shape index (κ3) is 5.75. The fraction of sp³-hybridized carbons (Fsp3) is 0.727. The Balaban J connectivity index is -0.000000399. The highest BCUT2D eigenvalue weighted by atomic mass is 14.9. The van der Waals surface area contributed by atoms with Crippen molar-refractivity contribution in [3.63, 3.8) is 0 Å². The molecule has 0 saturated heterocycles. The minimum atomic E-state index is 0. The van der Waals surface area contributed by atoms with Crippen molar-refractivity contribution >= 4 is 0 Å². The van der Waals surface area contributed by atoms with Gasteiger partial charge in [0.25, 0.3) is 0 Å². The molecule has 0 amide bonds. The molecule has 0 aliphatic rings. The van der Waals surface area contributed by atoms with Crippen LogP contribution in [0.1, 0.15) is 42.8 Å². The average molecular weight is 201 g/mol. The predicted molar refractivity (Wildman–Crippen MR) is 65.3 cm³/mol. The lowest BCUT2D eigenvalue weighted by molar-refractivity contribution is 0.488. The van der Waals surface area contributed by atoms with Gasteiger partial charge in [-0.15, -0.1) is 0 Å². The maximum atomic E-state index is 5.91. The second kappa shape index (κ2) is 7.56. The molecule has 0 aliphatic heterocycles. The number of nitrogens with one attached hydrogen (secondary N) is 1. The molecular weight excluding hydrogens is 174 g/mol. The number of nitrogens with two attached hydrogens (primary N) is 1. The van der Waals surface area contributed by atoms with Crippen LogP contribution in [0.25, 0.3) is 0 Å². The summed E-state index contributed by atoms with van der Waals surface area (Å²) in [5.74, 6) is 1.65. The van der Waals surface area contributed by atoms with Crippen LogP contribution in [0.15, 0.2) is 12.4 Å². The summed E-state index contributed by atoms with van der Waals surface area (Å²) < 4.78 is 0. The molecule has 0 fully saturated rings. The van der Waals surface area contributed by atoms with Gasteiger partial charge in [0.2, 0.25) is 0 Å². The molecule has 0 spiro atoms. The molecule has 1 atom stereocenters. The van der Waals surface area contributed by atoms with Crippen LogP contribution in [0.2, 0.25) is 0 Å². The fourth-order valence-electron chi connectivity index (χ4n) is 1.35. The zero-order valence-corrected chi connectivity index (χ0v) is 9.75. The molecule has 1 unspecified atom stereocenters. The smallest absolute Gasteiger partial charge is 0.107 e. The number of nitrogens with zero attached hydrogens (tertiary/aromatic N) is 1. The van der Waals surface area contributed by atoms with E-state index in [9.17, 15) is 0 Å². The standard InChI is InChI=1S/C9H17N3.C2H6.2H2/c1-7(2)5-8(10)6-9-11-3-4-12-9;1-2;;/h3-4,7-8H,5-6,10H2,1-2H3,(H,11,12);1-2H3;2*1H. The van der Waals surface area contributed by atoms with Gasteiger partial charge in [0.05, 0.1) is 0 Å². The van der Waals surface area contributed by atoms with E-state index in [-0.39, 0.29) is 8.90 Å². The third-order valence-corrected chi connectivity index (χ3v) is 1.78. The molecular formula is C11H27N3. The van der Waals surface area contributed by atoms with Gasteiger partial charge in [0, 0.05) is 27.7 Å². The quantitative estimate of drug-likeness (QED) is 0.787. The van der Waals surface area contributed by atoms with E-state index in [0.29, 0.717) is 5.92 Å². The van der Waals surface area contributed by atoms with E-state index in [1.54, 1.807) is 6.20 Å². The highest BCUT2D eigenvalue weighted by molar-refractivity contribution is 4.90. The first kappa shape index (κ1) is 13.2. The Morgan fingerprint density at radius 3 is 2.57 bits per heavy atom. The van der Waals surface area contributed by atoms with Gasteiger partial charge in [-0.25, -0.2) is 4.98 Å². The van der Waals surface area contributed by atoms with Crippen molar-refractivity contribution in [1.82, 2.24) is 9.97 Å². The maximum Gasteiger partial charge on any atom is 0.107 e. The third-order valence-electron chi connectivity index (χ3n) is 1.78. The minimum absolute atomic E-state index is 0. The molecule has 1 heterocycles. The van der Waals surface area contributed by atoms with E-state index in [0.717, 1.165) is 18.7 Å². The van der Waals surface area contributed by atoms with Gasteiger partial charge in [-0.3, -0.25) is 0 Å². The van der Waals surface area contributed by atoms with Crippen molar-refractivity contribution in [3.8, 4) is 0 Å². The molecule has 14 heavy (non-hydrogen) atoms. The zero-order valence-electron chi connectivity index (χ0n) is 9.75. The SMILES string of the molecule is CC.CC(C)CC(N)Cc1ncc[nH]1.[HH].[HH]. The maximum absolute atomic E-state index is 5.91. The first-order valence-corrected chi connectivity index (χ1v) is 5.42. The van der Waals surface area contributed by atoms with E-state index in [1.165, 1.54) is 0 Å². The summed E-state index contributed by atoms with van der Waals surface area (Å²) in [6.45, 7) is 8.37. The second-order valence-corrected chi connectivity index (χ2v) is 3.63. The van der Waals surface area contributed by atoms with Crippen LogP contribution in [0, 0.1) is 5.92 Å². The van der Waals surface area contributed by atoms with Gasteiger partial charge in [-0.1, -0.05) is 27.7 Å². The molecule has 1 rings (SSSR count). The van der Waals surface area contributed by atoms with Crippen molar-refractivity contribution in [2.75, 3.05) is 0 Å². The van der Waals surface area contributed by atoms with E-state index >= 15 is 0 Å². The Hall–Kier alpha value is -0.830. The summed E-state index contributed by atoms with van der Waals surface area (Å²) >= 11 is 0. The van der Waals surface area contributed by atoms with Crippen LogP contribution < -0.4 is 5.73 Å². The Kier molecular flexibility index (Phi) is 7.11. The number of rotatable bonds is 4. The largest absolute Gasteiger partial charge is 0.349 e. The molecule has 0 bridgehead atoms. The Morgan fingerprint density at radius 2 is 2.14 bits per heavy atom. The van der Waals surface area contributed by atoms with Crippen LogP contribution in [-0.2, 0) is 6.42 Å². The fourth-order valence-corrected chi connectivity index (χ4v) is 1.35. The van der Waals surface area contributed by atoms with Crippen LogP contribution in [0.5, 0.6) is 0 Å². The first-order valence-electron chi connectivity index (χ1n) is 5.42. The molecule has 0 aliphatic carbocycles. The lowest BCUT2D eigenvalue weighted by Gasteiger charge is -2.11. The van der Waals surface area contributed by atoms with Gasteiger partial charge in [-0.2, -0.15) is 0 Å². The highest BCUT2D eigenvalue weighted by Gasteiger charge is 2.07. The molecule has 0 radical (unpaired) electrons. The lowest BCUT2D eigenvalue weighted by Crippen LogP contribution is -2.25. The molecule has 86 valence electrons. The first-order chi connectivity index (χ1) is 6.68. The van der Waals surface area contributed by atoms with Crippen molar-refractivity contribution in [2.45, 2.75) is 46.6 Å². The number of aromatic amines is 1. The summed E-state index contributed by atoms with van der Waals surface area (Å²) in [5.41, 5.74) is 5.91. The molecule has 3 heteroatoms. The van der Waals surface area contributed by atoms with Crippen LogP contribution in [0.4, 0.5) is 0 Å². The molecule has 1 aromatic heterocycles. The van der Waals surface area contributed by atoms with E-state index in [1.807, 2.05) is 20.0 Å². The van der Waals surface area contributed by atoms with Crippen molar-refractivity contribution < 1.29 is 2.85 Å². The monoisotopic (exact) mass is 201 g/mol. The van der Waals surface area contributed by atoms with E-state index in [4.69, 9.17) is 5.73 Å². The molecule has 3 N–H and O–H groups in total. The number of imidazole rings is 1. The number of aromatic nitrogens is 2. The van der Waals surface area contributed by atoms with Gasteiger partial charge in [0.1, 0.15) is 5.82 Å². The van der Waals surface area contributed by atoms with Gasteiger partial charge >= 0.3 is 0 Å². The Morgan fingerprint density at radius 1 is 1.50 bits per heavy atom. The molecule has 3 nitrogen and oxygen atoms in total. The average Bonchev–Trinajstić information content (AvgIpc) is 2.59. The summed E-state index contributed by atoms with van der Waals surface area (Å²) in [7, 11) is 0. The topological polar surface area (TPSA) is 54.7 Å². The van der Waals surface area contributed by atoms with E-state index < -0.39 is 0 Å². The van der Waals surface area contributed by atoms with Gasteiger partial charge in [0.15, 0.2) is 0 Å². The summed E-state index contributed by atoms with van der Waals surface area (Å²) in [5, 5.41) is 0. The van der Waals surface area contributed by atoms with Crippen LogP contribution in [-0.4, -0.2) is 16.0 Å². The van der Waals surface area contributed by atoms with Gasteiger partial charge < -0.3 is 10.7 Å². The highest BCUT2D eigenvalue weighted by Crippen LogP contribution is 2.05. The summed E-state index contributed by atoms with van der Waals surface area (Å²) in [6, 6.07) is 0.233. The molecule has 0 aromatic carbocycles.